The molecule has 0 saturated carbocycles. The van der Waals surface area contributed by atoms with Gasteiger partial charge < -0.3 is 51.6 Å². The number of anilines is 1. The van der Waals surface area contributed by atoms with E-state index in [9.17, 15) is 66.3 Å². The minimum Gasteiger partial charge on any atom is -0.748 e. The molecule has 2 aromatic rings. The zero-order valence-corrected chi connectivity index (χ0v) is 43.7. The second-order valence-electron chi connectivity index (χ2n) is 17.5. The van der Waals surface area contributed by atoms with E-state index in [4.69, 9.17) is 28.5 Å². The van der Waals surface area contributed by atoms with E-state index >= 15 is 0 Å². The lowest BCUT2D eigenvalue weighted by atomic mass is 9.75. The molecule has 0 bridgehead atoms. The number of ether oxygens (including phenoxy) is 5. The van der Waals surface area contributed by atoms with Crippen LogP contribution in [0.3, 0.4) is 0 Å². The van der Waals surface area contributed by atoms with Crippen molar-refractivity contribution in [1.82, 2.24) is 5.06 Å². The SMILES string of the molecule is COCCOCC[N+]1=C(/C=C/C=C2/N(CCOCCOCCOCCC(=O)ON3C(=O)CCC3=O)c3ccc(S(=O)(=O)[O-])cc3C2(C)CCCS(=O)(=O)[O-])C(C)(CCCS(=O)(=O)[O-])c2cc(S(=O)(=O)[O-])ccc21. The minimum absolute atomic E-state index is 0.00983. The van der Waals surface area contributed by atoms with E-state index in [1.54, 1.807) is 41.6 Å². The fraction of sp³-hybridized carbons (Fsp3) is 0.556. The number of hydrogen-bond donors (Lipinski definition) is 0. The quantitative estimate of drug-likeness (QED) is 0.0446. The number of carbonyl (C=O) groups excluding carboxylic acids is 3. The van der Waals surface area contributed by atoms with Gasteiger partial charge in [-0.3, -0.25) is 9.59 Å². The van der Waals surface area contributed by atoms with Gasteiger partial charge in [0, 0.05) is 72.5 Å². The number of rotatable bonds is 31. The van der Waals surface area contributed by atoms with E-state index in [0.29, 0.717) is 39.0 Å². The highest BCUT2D eigenvalue weighted by Crippen LogP contribution is 2.51. The smallest absolute Gasteiger partial charge is 0.335 e. The summed E-state index contributed by atoms with van der Waals surface area (Å²) in [7, 11) is -17.9. The summed E-state index contributed by atoms with van der Waals surface area (Å²) < 4.78 is 174. The Morgan fingerprint density at radius 3 is 1.78 bits per heavy atom. The highest BCUT2D eigenvalue weighted by atomic mass is 32.2. The van der Waals surface area contributed by atoms with Crippen molar-refractivity contribution in [2.45, 2.75) is 79.4 Å². The van der Waals surface area contributed by atoms with Crippen molar-refractivity contribution in [3.8, 4) is 0 Å². The number of benzene rings is 2. The van der Waals surface area contributed by atoms with Crippen LogP contribution in [0.25, 0.3) is 0 Å². The van der Waals surface area contributed by atoms with Crippen molar-refractivity contribution in [2.24, 2.45) is 0 Å². The van der Waals surface area contributed by atoms with Crippen LogP contribution in [-0.2, 0) is 94.2 Å². The van der Waals surface area contributed by atoms with Gasteiger partial charge in [-0.15, -0.1) is 5.06 Å². The summed E-state index contributed by atoms with van der Waals surface area (Å²) in [6, 6.07) is 7.57. The van der Waals surface area contributed by atoms with Crippen LogP contribution in [0.4, 0.5) is 11.4 Å². The second kappa shape index (κ2) is 25.3. The Hall–Kier alpha value is -4.56. The van der Waals surface area contributed by atoms with Crippen molar-refractivity contribution >= 4 is 75.3 Å². The van der Waals surface area contributed by atoms with Gasteiger partial charge in [-0.2, -0.15) is 4.58 Å². The van der Waals surface area contributed by atoms with Crippen LogP contribution in [-0.4, -0.2) is 176 Å². The zero-order chi connectivity index (χ0) is 53.8. The molecule has 2 amide bonds. The van der Waals surface area contributed by atoms with Gasteiger partial charge in [0.15, 0.2) is 12.3 Å². The number of imide groups is 1. The van der Waals surface area contributed by atoms with Crippen LogP contribution in [0.2, 0.25) is 0 Å². The van der Waals surface area contributed by atoms with Crippen molar-refractivity contribution in [3.05, 3.63) is 71.5 Å². The van der Waals surface area contributed by atoms with Gasteiger partial charge in [-0.25, -0.2) is 38.5 Å². The van der Waals surface area contributed by atoms with Gasteiger partial charge in [0.05, 0.1) is 94.7 Å². The highest BCUT2D eigenvalue weighted by Gasteiger charge is 2.48. The Bertz CT molecular complexity index is 2890. The number of fused-ring (bicyclic) bond motifs is 2. The summed E-state index contributed by atoms with van der Waals surface area (Å²) in [5.41, 5.74) is 0.0283. The van der Waals surface area contributed by atoms with Crippen LogP contribution < -0.4 is 4.90 Å². The van der Waals surface area contributed by atoms with Crippen molar-refractivity contribution in [3.63, 3.8) is 0 Å². The van der Waals surface area contributed by atoms with E-state index < -0.39 is 90.4 Å². The first-order valence-corrected chi connectivity index (χ1v) is 28.9. The van der Waals surface area contributed by atoms with E-state index in [1.807, 2.05) is 0 Å². The number of carbonyl (C=O) groups is 3. The van der Waals surface area contributed by atoms with E-state index in [0.717, 1.165) is 12.1 Å². The maximum absolute atomic E-state index is 12.3. The van der Waals surface area contributed by atoms with E-state index in [-0.39, 0.29) is 117 Å². The molecule has 3 aliphatic rings. The van der Waals surface area contributed by atoms with Gasteiger partial charge in [-0.05, 0) is 81.5 Å². The van der Waals surface area contributed by atoms with Gasteiger partial charge in [0.1, 0.15) is 26.8 Å². The molecular weight excluding hydrogens is 1050 g/mol. The maximum atomic E-state index is 12.3. The first-order valence-electron chi connectivity index (χ1n) is 23.0. The number of amides is 2. The van der Waals surface area contributed by atoms with Gasteiger partial charge in [0.2, 0.25) is 5.69 Å². The molecule has 0 spiro atoms. The third-order valence-corrected chi connectivity index (χ3v) is 15.6. The summed E-state index contributed by atoms with van der Waals surface area (Å²) >= 11 is 0. The van der Waals surface area contributed by atoms with Crippen LogP contribution in [0.1, 0.15) is 69.9 Å². The molecule has 24 nitrogen and oxygen atoms in total. The number of methoxy groups -OCH3 is 1. The average Bonchev–Trinajstić information content (AvgIpc) is 3.82. The van der Waals surface area contributed by atoms with Crippen LogP contribution in [0.5, 0.6) is 0 Å². The third kappa shape index (κ3) is 16.2. The lowest BCUT2D eigenvalue weighted by molar-refractivity contribution is -0.442. The lowest BCUT2D eigenvalue weighted by Crippen LogP contribution is -2.33. The van der Waals surface area contributed by atoms with Crippen molar-refractivity contribution in [2.75, 3.05) is 96.1 Å². The Labute approximate surface area is 424 Å². The molecule has 2 atom stereocenters. The number of hydrogen-bond acceptors (Lipinski definition) is 22. The molecule has 406 valence electrons. The Morgan fingerprint density at radius 1 is 0.685 bits per heavy atom. The van der Waals surface area contributed by atoms with Crippen molar-refractivity contribution < 1.29 is 99.4 Å². The Morgan fingerprint density at radius 2 is 1.21 bits per heavy atom. The minimum atomic E-state index is -5.00. The molecule has 5 rings (SSSR count). The van der Waals surface area contributed by atoms with Gasteiger partial charge in [-0.1, -0.05) is 6.08 Å². The van der Waals surface area contributed by atoms with Crippen LogP contribution in [0, 0.1) is 0 Å². The number of hydroxylamine groups is 2. The molecule has 0 aliphatic carbocycles. The molecule has 3 heterocycles. The van der Waals surface area contributed by atoms with Gasteiger partial charge in [0.25, 0.3) is 11.8 Å². The largest absolute Gasteiger partial charge is 0.748 e. The molecule has 0 aromatic heterocycles. The molecule has 1 saturated heterocycles. The molecular formula is C45H58N3O21S4-3. The maximum Gasteiger partial charge on any atom is 0.335 e. The van der Waals surface area contributed by atoms with Crippen molar-refractivity contribution in [1.29, 1.82) is 0 Å². The summed E-state index contributed by atoms with van der Waals surface area (Å²) in [6.07, 6.45) is 4.27. The summed E-state index contributed by atoms with van der Waals surface area (Å²) in [5.74, 6) is -3.53. The lowest BCUT2D eigenvalue weighted by Gasteiger charge is -2.31. The molecule has 3 aliphatic heterocycles. The fourth-order valence-electron chi connectivity index (χ4n) is 8.88. The molecule has 0 N–H and O–H groups in total. The number of nitrogens with zero attached hydrogens (tertiary/aromatic N) is 3. The Kier molecular flexibility index (Phi) is 20.6. The second-order valence-corrected chi connectivity index (χ2v) is 23.3. The monoisotopic (exact) mass is 1100 g/mol. The first kappa shape index (κ1) is 59.3. The topological polar surface area (TPSA) is 345 Å². The van der Waals surface area contributed by atoms with E-state index in [2.05, 4.69) is 0 Å². The highest BCUT2D eigenvalue weighted by molar-refractivity contribution is 7.86. The Balaban J connectivity index is 1.43. The summed E-state index contributed by atoms with van der Waals surface area (Å²) in [4.78, 5) is 40.7. The molecule has 73 heavy (non-hydrogen) atoms. The molecule has 28 heteroatoms. The number of allylic oxidation sites excluding steroid dienone is 4. The van der Waals surface area contributed by atoms with Crippen LogP contribution >= 0.6 is 0 Å². The molecule has 2 unspecified atom stereocenters. The summed E-state index contributed by atoms with van der Waals surface area (Å²) in [6.45, 7) is 4.64. The third-order valence-electron chi connectivity index (χ3n) is 12.4. The van der Waals surface area contributed by atoms with E-state index in [1.165, 1.54) is 31.4 Å². The first-order chi connectivity index (χ1) is 34.2. The molecule has 2 aromatic carbocycles. The normalized spacial score (nSPS) is 20.0. The fourth-order valence-corrected chi connectivity index (χ4v) is 10.9. The zero-order valence-electron chi connectivity index (χ0n) is 40.4. The predicted octanol–water partition coefficient (Wildman–Crippen LogP) is 1.43. The molecule has 1 fully saturated rings. The van der Waals surface area contributed by atoms with Crippen LogP contribution in [0.15, 0.2) is 70.1 Å². The predicted molar refractivity (Wildman–Crippen MR) is 252 cm³/mol. The standard InChI is InChI=1S/C45H61N3O21S4/c1-44(16-5-29-70(52,53)54)35-31-33(72(58,59)60)9-11-37(35)46(18-21-66-24-23-64-3)39(44)7-4-8-40-45(2,17-6-30-71(55,56)57)36-32-34(73(61,62)63)10-12-38(36)47(40)19-22-67-26-28-68-27-25-65-20-15-43(51)69-48-41(49)13-14-42(48)50/h4,7-12,31-32H,5-6,13-30H2,1-3H3,(H3-,52,53,54,55,56,57,58,59,60,61,62,63)/p-3. The average molecular weight is 1110 g/mol. The summed E-state index contributed by atoms with van der Waals surface area (Å²) in [5, 5.41) is 0.446. The molecule has 0 radical (unpaired) electrons. The van der Waals surface area contributed by atoms with Gasteiger partial charge >= 0.3 is 5.97 Å².